The molecule has 3 N–H and O–H groups in total. The average molecular weight is 244 g/mol. The first-order valence-electron chi connectivity index (χ1n) is 5.31. The van der Waals surface area contributed by atoms with Gasteiger partial charge in [0.15, 0.2) is 0 Å². The summed E-state index contributed by atoms with van der Waals surface area (Å²) in [4.78, 5) is 4.54. The van der Waals surface area contributed by atoms with Crippen molar-refractivity contribution >= 4 is 11.6 Å². The van der Waals surface area contributed by atoms with Gasteiger partial charge in [0, 0.05) is 17.0 Å². The second-order valence-corrected chi connectivity index (χ2v) is 4.58. The van der Waals surface area contributed by atoms with E-state index in [0.29, 0.717) is 23.8 Å². The second-order valence-electron chi connectivity index (χ2n) is 4.18. The lowest BCUT2D eigenvalue weighted by atomic mass is 9.94. The number of phenols is 1. The maximum Gasteiger partial charge on any atom is 0.122 e. The molecule has 1 aromatic carbocycles. The standard InChI is InChI=1S/C12H18ClNO2/c1-7(2)10-6-11(13)8(3)9(12(10)15)4-5-16-14/h6-7,15H,4-5,14H2,1-3H3. The van der Waals surface area contributed by atoms with Crippen molar-refractivity contribution in [2.75, 3.05) is 6.61 Å². The summed E-state index contributed by atoms with van der Waals surface area (Å²) in [7, 11) is 0. The van der Waals surface area contributed by atoms with Crippen molar-refractivity contribution in [1.29, 1.82) is 0 Å². The molecular formula is C12H18ClNO2. The van der Waals surface area contributed by atoms with E-state index in [1.807, 2.05) is 26.8 Å². The lowest BCUT2D eigenvalue weighted by molar-refractivity contribution is 0.140. The molecule has 16 heavy (non-hydrogen) atoms. The van der Waals surface area contributed by atoms with E-state index >= 15 is 0 Å². The van der Waals surface area contributed by atoms with E-state index in [-0.39, 0.29) is 5.92 Å². The molecule has 0 radical (unpaired) electrons. The predicted octanol–water partition coefficient (Wildman–Crippen LogP) is 2.91. The van der Waals surface area contributed by atoms with E-state index in [9.17, 15) is 5.11 Å². The number of halogens is 1. The molecule has 0 amide bonds. The van der Waals surface area contributed by atoms with Crippen LogP contribution in [-0.2, 0) is 11.3 Å². The Morgan fingerprint density at radius 2 is 2.12 bits per heavy atom. The first-order chi connectivity index (χ1) is 7.49. The molecule has 1 rings (SSSR count). The van der Waals surface area contributed by atoms with Crippen LogP contribution in [0.15, 0.2) is 6.07 Å². The Morgan fingerprint density at radius 1 is 1.50 bits per heavy atom. The highest BCUT2D eigenvalue weighted by Gasteiger charge is 2.15. The van der Waals surface area contributed by atoms with Gasteiger partial charge in [-0.15, -0.1) is 0 Å². The summed E-state index contributed by atoms with van der Waals surface area (Å²) in [6, 6.07) is 1.82. The lowest BCUT2D eigenvalue weighted by Gasteiger charge is -2.16. The Balaban J connectivity index is 3.22. The Morgan fingerprint density at radius 3 is 2.62 bits per heavy atom. The average Bonchev–Trinajstić information content (AvgIpc) is 2.23. The van der Waals surface area contributed by atoms with Gasteiger partial charge in [0.05, 0.1) is 6.61 Å². The van der Waals surface area contributed by atoms with E-state index < -0.39 is 0 Å². The molecule has 0 saturated heterocycles. The molecule has 1 aromatic rings. The zero-order chi connectivity index (χ0) is 12.3. The highest BCUT2D eigenvalue weighted by atomic mass is 35.5. The van der Waals surface area contributed by atoms with Gasteiger partial charge in [-0.3, -0.25) is 0 Å². The number of rotatable bonds is 4. The summed E-state index contributed by atoms with van der Waals surface area (Å²) in [5.74, 6) is 5.54. The van der Waals surface area contributed by atoms with Gasteiger partial charge in [-0.2, -0.15) is 0 Å². The smallest absolute Gasteiger partial charge is 0.122 e. The number of hydrogen-bond acceptors (Lipinski definition) is 3. The monoisotopic (exact) mass is 243 g/mol. The van der Waals surface area contributed by atoms with Crippen molar-refractivity contribution in [3.8, 4) is 5.75 Å². The van der Waals surface area contributed by atoms with E-state index in [0.717, 1.165) is 16.7 Å². The summed E-state index contributed by atoms with van der Waals surface area (Å²) < 4.78 is 0. The highest BCUT2D eigenvalue weighted by molar-refractivity contribution is 6.31. The predicted molar refractivity (Wildman–Crippen MR) is 65.8 cm³/mol. The first-order valence-corrected chi connectivity index (χ1v) is 5.69. The van der Waals surface area contributed by atoms with Crippen molar-refractivity contribution in [2.45, 2.75) is 33.1 Å². The van der Waals surface area contributed by atoms with Crippen LogP contribution in [0, 0.1) is 6.92 Å². The van der Waals surface area contributed by atoms with Gasteiger partial charge < -0.3 is 9.94 Å². The number of phenolic OH excluding ortho intramolecular Hbond substituents is 1. The van der Waals surface area contributed by atoms with Gasteiger partial charge in [-0.05, 0) is 30.0 Å². The molecule has 0 fully saturated rings. The van der Waals surface area contributed by atoms with Crippen LogP contribution in [0.25, 0.3) is 0 Å². The van der Waals surface area contributed by atoms with Gasteiger partial charge in [-0.1, -0.05) is 25.4 Å². The molecule has 0 atom stereocenters. The van der Waals surface area contributed by atoms with E-state index in [1.54, 1.807) is 0 Å². The summed E-state index contributed by atoms with van der Waals surface area (Å²) >= 11 is 6.13. The molecule has 0 aliphatic heterocycles. The minimum absolute atomic E-state index is 0.232. The van der Waals surface area contributed by atoms with Gasteiger partial charge in [0.2, 0.25) is 0 Å². The van der Waals surface area contributed by atoms with Crippen LogP contribution in [-0.4, -0.2) is 11.7 Å². The Labute approximate surface area is 101 Å². The molecule has 90 valence electrons. The van der Waals surface area contributed by atoms with Gasteiger partial charge in [-0.25, -0.2) is 5.90 Å². The number of benzene rings is 1. The zero-order valence-corrected chi connectivity index (χ0v) is 10.6. The normalized spacial score (nSPS) is 11.1. The van der Waals surface area contributed by atoms with Crippen molar-refractivity contribution in [3.05, 3.63) is 27.8 Å². The van der Waals surface area contributed by atoms with Crippen LogP contribution in [0.1, 0.15) is 36.5 Å². The molecule has 0 unspecified atom stereocenters. The third-order valence-electron chi connectivity index (χ3n) is 2.74. The van der Waals surface area contributed by atoms with Crippen molar-refractivity contribution in [1.82, 2.24) is 0 Å². The molecule has 0 heterocycles. The number of hydrogen-bond donors (Lipinski definition) is 2. The summed E-state index contributed by atoms with van der Waals surface area (Å²) in [5.41, 5.74) is 2.57. The maximum absolute atomic E-state index is 10.1. The quantitative estimate of drug-likeness (QED) is 0.800. The Kier molecular flexibility index (Phi) is 4.59. The fourth-order valence-electron chi connectivity index (χ4n) is 1.72. The van der Waals surface area contributed by atoms with Crippen LogP contribution in [0.4, 0.5) is 0 Å². The minimum Gasteiger partial charge on any atom is -0.507 e. The third-order valence-corrected chi connectivity index (χ3v) is 3.14. The molecule has 0 saturated carbocycles. The van der Waals surface area contributed by atoms with Crippen molar-refractivity contribution < 1.29 is 9.94 Å². The molecule has 0 aliphatic carbocycles. The SMILES string of the molecule is Cc1c(Cl)cc(C(C)C)c(O)c1CCON. The largest absolute Gasteiger partial charge is 0.507 e. The third kappa shape index (κ3) is 2.67. The molecule has 0 aliphatic rings. The van der Waals surface area contributed by atoms with Crippen LogP contribution in [0.3, 0.4) is 0 Å². The summed E-state index contributed by atoms with van der Waals surface area (Å²) in [5, 5.41) is 10.8. The molecule has 0 spiro atoms. The van der Waals surface area contributed by atoms with Gasteiger partial charge in [0.1, 0.15) is 5.75 Å². The molecular weight excluding hydrogens is 226 g/mol. The van der Waals surface area contributed by atoms with Gasteiger partial charge in [0.25, 0.3) is 0 Å². The number of aromatic hydroxyl groups is 1. The van der Waals surface area contributed by atoms with E-state index in [2.05, 4.69) is 4.84 Å². The van der Waals surface area contributed by atoms with E-state index in [4.69, 9.17) is 17.5 Å². The van der Waals surface area contributed by atoms with Crippen LogP contribution < -0.4 is 5.90 Å². The van der Waals surface area contributed by atoms with Crippen molar-refractivity contribution in [2.24, 2.45) is 5.90 Å². The molecule has 0 aromatic heterocycles. The maximum atomic E-state index is 10.1. The zero-order valence-electron chi connectivity index (χ0n) is 9.88. The van der Waals surface area contributed by atoms with Crippen LogP contribution in [0.2, 0.25) is 5.02 Å². The fourth-order valence-corrected chi connectivity index (χ4v) is 1.95. The van der Waals surface area contributed by atoms with Crippen molar-refractivity contribution in [3.63, 3.8) is 0 Å². The Hall–Kier alpha value is -0.770. The first kappa shape index (κ1) is 13.3. The Bertz CT molecular complexity index is 378. The lowest BCUT2D eigenvalue weighted by Crippen LogP contribution is -2.06. The summed E-state index contributed by atoms with van der Waals surface area (Å²) in [6.45, 7) is 6.29. The molecule has 0 bridgehead atoms. The highest BCUT2D eigenvalue weighted by Crippen LogP contribution is 2.35. The topological polar surface area (TPSA) is 55.5 Å². The summed E-state index contributed by atoms with van der Waals surface area (Å²) in [6.07, 6.45) is 0.564. The molecule has 4 heteroatoms. The number of nitrogens with two attached hydrogens (primary N) is 1. The minimum atomic E-state index is 0.232. The van der Waals surface area contributed by atoms with Crippen LogP contribution >= 0.6 is 11.6 Å². The van der Waals surface area contributed by atoms with E-state index in [1.165, 1.54) is 0 Å². The fraction of sp³-hybridized carbons (Fsp3) is 0.500. The van der Waals surface area contributed by atoms with Crippen LogP contribution in [0.5, 0.6) is 5.75 Å². The second kappa shape index (κ2) is 5.53. The molecule has 3 nitrogen and oxygen atoms in total. The van der Waals surface area contributed by atoms with Gasteiger partial charge >= 0.3 is 0 Å².